The fraction of sp³-hybridized carbons (Fsp3) is 0.357. The number of rotatable bonds is 4. The fourth-order valence-electron chi connectivity index (χ4n) is 1.77. The lowest BCUT2D eigenvalue weighted by atomic mass is 10.1. The van der Waals surface area contributed by atoms with Gasteiger partial charge in [-0.2, -0.15) is 5.10 Å². The Morgan fingerprint density at radius 2 is 1.89 bits per heavy atom. The Morgan fingerprint density at radius 3 is 2.44 bits per heavy atom. The number of aliphatic hydroxyl groups excluding tert-OH is 1. The molecule has 0 aliphatic carbocycles. The summed E-state index contributed by atoms with van der Waals surface area (Å²) in [5.41, 5.74) is 1.87. The lowest BCUT2D eigenvalue weighted by Crippen LogP contribution is -2.05. The third kappa shape index (κ3) is 3.32. The van der Waals surface area contributed by atoms with Crippen LogP contribution in [0, 0.1) is 3.57 Å². The molecule has 0 saturated carbocycles. The summed E-state index contributed by atoms with van der Waals surface area (Å²) < 4.78 is 3.09. The third-order valence-corrected chi connectivity index (χ3v) is 3.57. The zero-order chi connectivity index (χ0) is 13.1. The van der Waals surface area contributed by atoms with E-state index in [1.807, 2.05) is 41.2 Å². The first-order valence-corrected chi connectivity index (χ1v) is 7.11. The summed E-state index contributed by atoms with van der Waals surface area (Å²) in [5.74, 6) is 0. The van der Waals surface area contributed by atoms with Gasteiger partial charge < -0.3 is 5.11 Å². The highest BCUT2D eigenvalue weighted by Gasteiger charge is 2.11. The molecule has 2 aromatic rings. The van der Waals surface area contributed by atoms with E-state index in [9.17, 15) is 5.11 Å². The Kier molecular flexibility index (Phi) is 4.40. The predicted molar refractivity (Wildman–Crippen MR) is 80.4 cm³/mol. The first kappa shape index (κ1) is 13.5. The fourth-order valence-corrected chi connectivity index (χ4v) is 2.13. The summed E-state index contributed by atoms with van der Waals surface area (Å²) in [6.07, 6.45) is 2.03. The highest BCUT2D eigenvalue weighted by Crippen LogP contribution is 2.19. The van der Waals surface area contributed by atoms with Gasteiger partial charge in [-0.1, -0.05) is 12.1 Å². The number of aliphatic hydroxyl groups is 1. The van der Waals surface area contributed by atoms with Gasteiger partial charge in [0, 0.05) is 22.2 Å². The maximum absolute atomic E-state index is 10.2. The lowest BCUT2D eigenvalue weighted by Gasteiger charge is -2.09. The summed E-state index contributed by atoms with van der Waals surface area (Å²) in [4.78, 5) is 0. The van der Waals surface area contributed by atoms with Gasteiger partial charge in [-0.15, -0.1) is 0 Å². The van der Waals surface area contributed by atoms with Crippen LogP contribution in [0.4, 0.5) is 0 Å². The molecule has 1 unspecified atom stereocenters. The molecule has 0 fully saturated rings. The van der Waals surface area contributed by atoms with Crippen molar-refractivity contribution in [1.29, 1.82) is 0 Å². The number of halogens is 1. The quantitative estimate of drug-likeness (QED) is 0.854. The predicted octanol–water partition coefficient (Wildman–Crippen LogP) is 3.34. The van der Waals surface area contributed by atoms with E-state index in [0.717, 1.165) is 11.3 Å². The molecule has 0 bridgehead atoms. The molecule has 0 radical (unpaired) electrons. The van der Waals surface area contributed by atoms with E-state index in [1.165, 1.54) is 3.57 Å². The van der Waals surface area contributed by atoms with E-state index >= 15 is 0 Å². The van der Waals surface area contributed by atoms with E-state index in [0.29, 0.717) is 12.5 Å². The molecular weight excluding hydrogens is 339 g/mol. The van der Waals surface area contributed by atoms with Crippen molar-refractivity contribution >= 4 is 22.6 Å². The van der Waals surface area contributed by atoms with Gasteiger partial charge in [0.1, 0.15) is 0 Å². The number of hydrogen-bond donors (Lipinski definition) is 1. The molecule has 0 saturated heterocycles. The Morgan fingerprint density at radius 1 is 1.22 bits per heavy atom. The molecule has 96 valence electrons. The van der Waals surface area contributed by atoms with Crippen molar-refractivity contribution in [1.82, 2.24) is 9.78 Å². The normalized spacial score (nSPS) is 12.9. The van der Waals surface area contributed by atoms with E-state index in [1.54, 1.807) is 0 Å². The summed E-state index contributed by atoms with van der Waals surface area (Å²) in [6.45, 7) is 4.18. The van der Waals surface area contributed by atoms with Crippen molar-refractivity contribution in [2.75, 3.05) is 0 Å². The van der Waals surface area contributed by atoms with E-state index in [2.05, 4.69) is 41.5 Å². The van der Waals surface area contributed by atoms with Crippen molar-refractivity contribution in [3.63, 3.8) is 0 Å². The number of benzene rings is 1. The third-order valence-electron chi connectivity index (χ3n) is 2.85. The minimum absolute atomic E-state index is 0.356. The second kappa shape index (κ2) is 5.84. The van der Waals surface area contributed by atoms with Crippen molar-refractivity contribution in [3.8, 4) is 0 Å². The summed E-state index contributed by atoms with van der Waals surface area (Å²) >= 11 is 2.26. The lowest BCUT2D eigenvalue weighted by molar-refractivity contribution is 0.177. The summed E-state index contributed by atoms with van der Waals surface area (Å²) in [7, 11) is 0. The van der Waals surface area contributed by atoms with Crippen LogP contribution in [0.3, 0.4) is 0 Å². The average molecular weight is 356 g/mol. The summed E-state index contributed by atoms with van der Waals surface area (Å²) in [5, 5.41) is 14.6. The van der Waals surface area contributed by atoms with Crippen LogP contribution < -0.4 is 0 Å². The van der Waals surface area contributed by atoms with Crippen molar-refractivity contribution in [2.24, 2.45) is 0 Å². The molecule has 4 heteroatoms. The van der Waals surface area contributed by atoms with Gasteiger partial charge in [-0.25, -0.2) is 0 Å². The molecule has 2 rings (SSSR count). The molecule has 1 aromatic heterocycles. The Hall–Kier alpha value is -0.880. The molecule has 1 N–H and O–H groups in total. The van der Waals surface area contributed by atoms with Crippen molar-refractivity contribution in [3.05, 3.63) is 51.4 Å². The highest BCUT2D eigenvalue weighted by atomic mass is 127. The molecule has 1 atom stereocenters. The SMILES string of the molecule is CC(C)n1ccc(CC(O)c2ccc(I)cc2)n1. The second-order valence-corrected chi connectivity index (χ2v) is 5.90. The van der Waals surface area contributed by atoms with Gasteiger partial charge >= 0.3 is 0 Å². The van der Waals surface area contributed by atoms with Crippen LogP contribution in [0.2, 0.25) is 0 Å². The van der Waals surface area contributed by atoms with Crippen LogP contribution in [0.15, 0.2) is 36.5 Å². The maximum atomic E-state index is 10.2. The van der Waals surface area contributed by atoms with Gasteiger partial charge in [0.15, 0.2) is 0 Å². The number of nitrogens with zero attached hydrogens (tertiary/aromatic N) is 2. The minimum Gasteiger partial charge on any atom is -0.388 e. The average Bonchev–Trinajstić information content (AvgIpc) is 2.78. The maximum Gasteiger partial charge on any atom is 0.0846 e. The first-order valence-electron chi connectivity index (χ1n) is 6.04. The highest BCUT2D eigenvalue weighted by molar-refractivity contribution is 14.1. The van der Waals surface area contributed by atoms with Gasteiger partial charge in [-0.3, -0.25) is 4.68 Å². The standard InChI is InChI=1S/C14H17IN2O/c1-10(2)17-8-7-13(16-17)9-14(18)11-3-5-12(15)6-4-11/h3-8,10,14,18H,9H2,1-2H3. The molecule has 1 aromatic carbocycles. The molecule has 3 nitrogen and oxygen atoms in total. The zero-order valence-corrected chi connectivity index (χ0v) is 12.7. The van der Waals surface area contributed by atoms with Crippen LogP contribution >= 0.6 is 22.6 Å². The summed E-state index contributed by atoms with van der Waals surface area (Å²) in [6, 6.07) is 10.3. The molecule has 0 amide bonds. The van der Waals surface area contributed by atoms with Gasteiger partial charge in [0.2, 0.25) is 0 Å². The molecular formula is C14H17IN2O. The minimum atomic E-state index is -0.488. The van der Waals surface area contributed by atoms with E-state index in [-0.39, 0.29) is 0 Å². The van der Waals surface area contributed by atoms with Crippen LogP contribution in [-0.2, 0) is 6.42 Å². The van der Waals surface area contributed by atoms with E-state index in [4.69, 9.17) is 0 Å². The molecule has 0 spiro atoms. The largest absolute Gasteiger partial charge is 0.388 e. The van der Waals surface area contributed by atoms with Crippen molar-refractivity contribution in [2.45, 2.75) is 32.4 Å². The van der Waals surface area contributed by atoms with Crippen LogP contribution in [0.1, 0.15) is 37.3 Å². The van der Waals surface area contributed by atoms with Crippen LogP contribution in [0.25, 0.3) is 0 Å². The van der Waals surface area contributed by atoms with Crippen LogP contribution in [-0.4, -0.2) is 14.9 Å². The van der Waals surface area contributed by atoms with Crippen molar-refractivity contribution < 1.29 is 5.11 Å². The van der Waals surface area contributed by atoms with Crippen LogP contribution in [0.5, 0.6) is 0 Å². The topological polar surface area (TPSA) is 38.0 Å². The second-order valence-electron chi connectivity index (χ2n) is 4.65. The Bertz CT molecular complexity index is 505. The van der Waals surface area contributed by atoms with E-state index < -0.39 is 6.10 Å². The number of hydrogen-bond acceptors (Lipinski definition) is 2. The Labute approximate surface area is 121 Å². The monoisotopic (exact) mass is 356 g/mol. The smallest absolute Gasteiger partial charge is 0.0846 e. The Balaban J connectivity index is 2.06. The van der Waals surface area contributed by atoms with Gasteiger partial charge in [-0.05, 0) is 60.2 Å². The molecule has 0 aliphatic rings. The zero-order valence-electron chi connectivity index (χ0n) is 10.5. The molecule has 18 heavy (non-hydrogen) atoms. The van der Waals surface area contributed by atoms with Gasteiger partial charge in [0.25, 0.3) is 0 Å². The molecule has 1 heterocycles. The molecule has 0 aliphatic heterocycles. The van der Waals surface area contributed by atoms with Gasteiger partial charge in [0.05, 0.1) is 11.8 Å². The number of aromatic nitrogens is 2. The first-order chi connectivity index (χ1) is 8.56.